The number of amides is 1. The molecule has 0 aliphatic carbocycles. The van der Waals surface area contributed by atoms with E-state index in [0.29, 0.717) is 10.7 Å². The molecule has 0 spiro atoms. The fourth-order valence-corrected chi connectivity index (χ4v) is 1.70. The summed E-state index contributed by atoms with van der Waals surface area (Å²) < 4.78 is 5.02. The van der Waals surface area contributed by atoms with Crippen LogP contribution in [0.15, 0.2) is 18.2 Å². The lowest BCUT2D eigenvalue weighted by atomic mass is 10.1. The smallest absolute Gasteiger partial charge is 0.306 e. The molecule has 0 radical (unpaired) electrons. The predicted octanol–water partition coefficient (Wildman–Crippen LogP) is 1.34. The molecular formula is C12H15ClN2O4. The number of hydrogen-bond acceptors (Lipinski definition) is 4. The predicted molar refractivity (Wildman–Crippen MR) is 71.5 cm³/mol. The van der Waals surface area contributed by atoms with Crippen molar-refractivity contribution in [3.63, 3.8) is 0 Å². The van der Waals surface area contributed by atoms with Gasteiger partial charge in [-0.05, 0) is 18.2 Å². The minimum absolute atomic E-state index is 0.136. The molecule has 0 bridgehead atoms. The number of primary amides is 1. The normalized spacial score (nSPS) is 11.9. The van der Waals surface area contributed by atoms with Crippen molar-refractivity contribution in [2.45, 2.75) is 12.5 Å². The molecule has 1 amide bonds. The fraction of sp³-hybridized carbons (Fsp3) is 0.333. The van der Waals surface area contributed by atoms with Gasteiger partial charge in [-0.1, -0.05) is 11.6 Å². The minimum Gasteiger partial charge on any atom is -0.481 e. The number of carboxylic acids is 1. The van der Waals surface area contributed by atoms with Gasteiger partial charge in [-0.3, -0.25) is 9.59 Å². The van der Waals surface area contributed by atoms with Crippen LogP contribution in [0.4, 0.5) is 5.69 Å². The van der Waals surface area contributed by atoms with E-state index >= 15 is 0 Å². The molecule has 1 rings (SSSR count). The zero-order valence-electron chi connectivity index (χ0n) is 10.4. The Morgan fingerprint density at radius 2 is 2.21 bits per heavy atom. The number of halogens is 1. The van der Waals surface area contributed by atoms with Crippen LogP contribution >= 0.6 is 11.6 Å². The Labute approximate surface area is 115 Å². The van der Waals surface area contributed by atoms with Gasteiger partial charge in [0.15, 0.2) is 0 Å². The quantitative estimate of drug-likeness (QED) is 0.702. The Morgan fingerprint density at radius 3 is 2.74 bits per heavy atom. The Hall–Kier alpha value is -1.79. The minimum atomic E-state index is -0.958. The highest BCUT2D eigenvalue weighted by molar-refractivity contribution is 6.31. The van der Waals surface area contributed by atoms with E-state index in [9.17, 15) is 9.59 Å². The summed E-state index contributed by atoms with van der Waals surface area (Å²) in [4.78, 5) is 21.9. The highest BCUT2D eigenvalue weighted by Crippen LogP contribution is 2.20. The van der Waals surface area contributed by atoms with Crippen molar-refractivity contribution in [3.05, 3.63) is 28.8 Å². The van der Waals surface area contributed by atoms with Gasteiger partial charge in [-0.25, -0.2) is 0 Å². The summed E-state index contributed by atoms with van der Waals surface area (Å²) in [5.74, 6) is -1.57. The number of carboxylic acid groups (broad SMARTS) is 1. The molecule has 6 nitrogen and oxygen atoms in total. The van der Waals surface area contributed by atoms with Gasteiger partial charge in [0, 0.05) is 24.4 Å². The van der Waals surface area contributed by atoms with E-state index in [1.165, 1.54) is 13.2 Å². The van der Waals surface area contributed by atoms with Gasteiger partial charge >= 0.3 is 5.97 Å². The molecular weight excluding hydrogens is 272 g/mol. The molecule has 0 aromatic heterocycles. The Balaban J connectivity index is 2.76. The molecule has 0 aliphatic rings. The maximum atomic E-state index is 11.3. The first-order valence-electron chi connectivity index (χ1n) is 5.52. The van der Waals surface area contributed by atoms with Crippen LogP contribution in [0.2, 0.25) is 5.02 Å². The second-order valence-corrected chi connectivity index (χ2v) is 4.33. The third kappa shape index (κ3) is 4.76. The van der Waals surface area contributed by atoms with Crippen LogP contribution in [-0.4, -0.2) is 36.7 Å². The monoisotopic (exact) mass is 286 g/mol. The Kier molecular flexibility index (Phi) is 5.59. The molecule has 7 heteroatoms. The van der Waals surface area contributed by atoms with E-state index < -0.39 is 18.0 Å². The number of nitrogens with two attached hydrogens (primary N) is 1. The molecule has 0 aliphatic heterocycles. The molecule has 1 atom stereocenters. The number of ether oxygens (including phenoxy) is 1. The summed E-state index contributed by atoms with van der Waals surface area (Å²) in [6.45, 7) is 0.241. The van der Waals surface area contributed by atoms with Gasteiger partial charge < -0.3 is 20.9 Å². The van der Waals surface area contributed by atoms with Gasteiger partial charge in [0.2, 0.25) is 0 Å². The maximum absolute atomic E-state index is 11.3. The number of hydrogen-bond donors (Lipinski definition) is 3. The number of benzene rings is 1. The molecule has 104 valence electrons. The number of anilines is 1. The highest BCUT2D eigenvalue weighted by atomic mass is 35.5. The first kappa shape index (κ1) is 15.3. The zero-order chi connectivity index (χ0) is 14.4. The number of methoxy groups -OCH3 is 1. The van der Waals surface area contributed by atoms with E-state index in [4.69, 9.17) is 27.2 Å². The van der Waals surface area contributed by atoms with Crippen LogP contribution in [0.3, 0.4) is 0 Å². The average molecular weight is 287 g/mol. The largest absolute Gasteiger partial charge is 0.481 e. The molecule has 0 heterocycles. The van der Waals surface area contributed by atoms with Gasteiger partial charge in [-0.2, -0.15) is 0 Å². The summed E-state index contributed by atoms with van der Waals surface area (Å²) in [6, 6.07) is 4.66. The third-order valence-electron chi connectivity index (χ3n) is 2.50. The number of rotatable bonds is 7. The van der Waals surface area contributed by atoms with Crippen molar-refractivity contribution in [2.75, 3.05) is 19.0 Å². The lowest BCUT2D eigenvalue weighted by Crippen LogP contribution is -2.26. The molecule has 19 heavy (non-hydrogen) atoms. The number of carbonyl (C=O) groups is 2. The van der Waals surface area contributed by atoms with E-state index in [0.717, 1.165) is 0 Å². The zero-order valence-corrected chi connectivity index (χ0v) is 11.1. The van der Waals surface area contributed by atoms with Crippen molar-refractivity contribution < 1.29 is 19.4 Å². The average Bonchev–Trinajstić information content (AvgIpc) is 2.34. The molecule has 1 unspecified atom stereocenters. The van der Waals surface area contributed by atoms with Crippen LogP contribution in [0, 0.1) is 0 Å². The van der Waals surface area contributed by atoms with E-state index in [1.807, 2.05) is 0 Å². The van der Waals surface area contributed by atoms with Crippen LogP contribution in [-0.2, 0) is 9.53 Å². The molecule has 4 N–H and O–H groups in total. The second kappa shape index (κ2) is 6.96. The molecule has 1 aromatic carbocycles. The van der Waals surface area contributed by atoms with Gasteiger partial charge in [0.05, 0.1) is 18.1 Å². The summed E-state index contributed by atoms with van der Waals surface area (Å²) in [5.41, 5.74) is 5.98. The lowest BCUT2D eigenvalue weighted by molar-refractivity contribution is -0.139. The van der Waals surface area contributed by atoms with E-state index in [1.54, 1.807) is 12.1 Å². The van der Waals surface area contributed by atoms with Crippen LogP contribution < -0.4 is 11.1 Å². The summed E-state index contributed by atoms with van der Waals surface area (Å²) in [6.07, 6.45) is -0.642. The molecule has 0 fully saturated rings. The van der Waals surface area contributed by atoms with Crippen molar-refractivity contribution >= 4 is 29.2 Å². The fourth-order valence-electron chi connectivity index (χ4n) is 1.53. The number of aliphatic carboxylic acids is 1. The molecule has 0 saturated carbocycles. The van der Waals surface area contributed by atoms with E-state index in [2.05, 4.69) is 5.32 Å². The van der Waals surface area contributed by atoms with Crippen molar-refractivity contribution in [2.24, 2.45) is 5.73 Å². The topological polar surface area (TPSA) is 102 Å². The number of carbonyl (C=O) groups excluding carboxylic acids is 1. The second-order valence-electron chi connectivity index (χ2n) is 3.89. The van der Waals surface area contributed by atoms with Crippen LogP contribution in [0.25, 0.3) is 0 Å². The standard InChI is InChI=1S/C12H15ClN2O4/c1-19-8(5-11(16)17)6-15-10-3-2-7(13)4-9(10)12(14)18/h2-4,8,15H,5-6H2,1H3,(H2,14,18)(H,16,17). The van der Waals surface area contributed by atoms with Crippen LogP contribution in [0.1, 0.15) is 16.8 Å². The summed E-state index contributed by atoms with van der Waals surface area (Å²) in [7, 11) is 1.42. The number of nitrogens with one attached hydrogen (secondary N) is 1. The Bertz CT molecular complexity index is 479. The lowest BCUT2D eigenvalue weighted by Gasteiger charge is -2.16. The Morgan fingerprint density at radius 1 is 1.53 bits per heavy atom. The van der Waals surface area contributed by atoms with E-state index in [-0.39, 0.29) is 18.5 Å². The molecule has 1 aromatic rings. The van der Waals surface area contributed by atoms with Crippen molar-refractivity contribution in [1.29, 1.82) is 0 Å². The maximum Gasteiger partial charge on any atom is 0.306 e. The first-order chi connectivity index (χ1) is 8.93. The summed E-state index contributed by atoms with van der Waals surface area (Å²) >= 11 is 5.78. The summed E-state index contributed by atoms with van der Waals surface area (Å²) in [5, 5.41) is 12.0. The SMILES string of the molecule is COC(CNc1ccc(Cl)cc1C(N)=O)CC(=O)O. The van der Waals surface area contributed by atoms with Gasteiger partial charge in [0.1, 0.15) is 0 Å². The van der Waals surface area contributed by atoms with Gasteiger partial charge in [-0.15, -0.1) is 0 Å². The van der Waals surface area contributed by atoms with Crippen molar-refractivity contribution in [3.8, 4) is 0 Å². The third-order valence-corrected chi connectivity index (χ3v) is 2.74. The van der Waals surface area contributed by atoms with Crippen molar-refractivity contribution in [1.82, 2.24) is 0 Å². The highest BCUT2D eigenvalue weighted by Gasteiger charge is 2.14. The van der Waals surface area contributed by atoms with Gasteiger partial charge in [0.25, 0.3) is 5.91 Å². The first-order valence-corrected chi connectivity index (χ1v) is 5.89. The van der Waals surface area contributed by atoms with Crippen LogP contribution in [0.5, 0.6) is 0 Å². The molecule has 0 saturated heterocycles.